The summed E-state index contributed by atoms with van der Waals surface area (Å²) in [6.45, 7) is 2.05. The maximum atomic E-state index is 6.17. The van der Waals surface area contributed by atoms with Gasteiger partial charge in [0.25, 0.3) is 0 Å². The third-order valence-corrected chi connectivity index (χ3v) is 3.03. The van der Waals surface area contributed by atoms with Gasteiger partial charge in [-0.3, -0.25) is 0 Å². The van der Waals surface area contributed by atoms with Crippen LogP contribution in [0.3, 0.4) is 0 Å². The third-order valence-electron chi connectivity index (χ3n) is 1.86. The van der Waals surface area contributed by atoms with E-state index in [0.717, 1.165) is 5.56 Å². The highest BCUT2D eigenvalue weighted by molar-refractivity contribution is 6.22. The van der Waals surface area contributed by atoms with Crippen LogP contribution < -0.4 is 0 Å². The smallest absolute Gasteiger partial charge is 0.0622 e. The second kappa shape index (κ2) is 4.74. The molecule has 0 spiro atoms. The number of halogens is 2. The highest BCUT2D eigenvalue weighted by atomic mass is 35.5. The fourth-order valence-electron chi connectivity index (χ4n) is 1.04. The van der Waals surface area contributed by atoms with Gasteiger partial charge in [-0.15, -0.1) is 23.2 Å². The largest absolute Gasteiger partial charge is 0.126 e. The van der Waals surface area contributed by atoms with E-state index in [2.05, 4.69) is 6.92 Å². The fraction of sp³-hybridized carbons (Fsp3) is 0.400. The van der Waals surface area contributed by atoms with Gasteiger partial charge < -0.3 is 0 Å². The maximum absolute atomic E-state index is 6.17. The molecule has 0 N–H and O–H groups in total. The van der Waals surface area contributed by atoms with Crippen LogP contribution in [-0.2, 0) is 0 Å². The lowest BCUT2D eigenvalue weighted by molar-refractivity contribution is 0.631. The second-order valence-corrected chi connectivity index (χ2v) is 3.72. The summed E-state index contributed by atoms with van der Waals surface area (Å²) in [7, 11) is 0. The number of alkyl halides is 2. The lowest BCUT2D eigenvalue weighted by atomic mass is 10.0. The van der Waals surface area contributed by atoms with Gasteiger partial charge in [0.2, 0.25) is 0 Å². The van der Waals surface area contributed by atoms with Crippen molar-refractivity contribution < 1.29 is 0 Å². The normalized spacial score (nSPS) is 15.6. The summed E-state index contributed by atoms with van der Waals surface area (Å²) < 4.78 is 0. The highest BCUT2D eigenvalue weighted by Crippen LogP contribution is 2.28. The minimum absolute atomic E-state index is 0.0312. The van der Waals surface area contributed by atoms with Crippen LogP contribution in [0.1, 0.15) is 17.9 Å². The Hall–Kier alpha value is -0.200. The molecule has 0 saturated heterocycles. The van der Waals surface area contributed by atoms with Crippen LogP contribution >= 0.6 is 23.2 Å². The number of hydrogen-bond donors (Lipinski definition) is 0. The first kappa shape index (κ1) is 9.88. The van der Waals surface area contributed by atoms with Gasteiger partial charge in [0, 0.05) is 5.88 Å². The topological polar surface area (TPSA) is 0 Å². The van der Waals surface area contributed by atoms with Crippen molar-refractivity contribution in [2.24, 2.45) is 5.92 Å². The molecule has 0 saturated carbocycles. The van der Waals surface area contributed by atoms with Crippen LogP contribution in [0.15, 0.2) is 30.3 Å². The van der Waals surface area contributed by atoms with Crippen molar-refractivity contribution in [2.45, 2.75) is 12.3 Å². The molecule has 12 heavy (non-hydrogen) atoms. The Labute approximate surface area is 83.5 Å². The maximum Gasteiger partial charge on any atom is 0.0622 e. The minimum atomic E-state index is 0.0312. The van der Waals surface area contributed by atoms with Crippen LogP contribution in [-0.4, -0.2) is 5.88 Å². The molecule has 1 aromatic carbocycles. The van der Waals surface area contributed by atoms with E-state index in [0.29, 0.717) is 11.8 Å². The molecular formula is C10H12Cl2. The van der Waals surface area contributed by atoms with Crippen molar-refractivity contribution in [3.8, 4) is 0 Å². The van der Waals surface area contributed by atoms with E-state index in [1.54, 1.807) is 0 Å². The lowest BCUT2D eigenvalue weighted by Gasteiger charge is -2.14. The molecule has 66 valence electrons. The van der Waals surface area contributed by atoms with Crippen LogP contribution in [0.25, 0.3) is 0 Å². The molecule has 0 amide bonds. The summed E-state index contributed by atoms with van der Waals surface area (Å²) in [6.07, 6.45) is 0. The summed E-state index contributed by atoms with van der Waals surface area (Å²) in [6, 6.07) is 10.0. The molecule has 2 atom stereocenters. The molecule has 1 rings (SSSR count). The molecule has 0 aliphatic heterocycles. The first-order valence-electron chi connectivity index (χ1n) is 4.00. The van der Waals surface area contributed by atoms with E-state index < -0.39 is 0 Å². The molecule has 0 aliphatic rings. The third kappa shape index (κ3) is 2.40. The monoisotopic (exact) mass is 202 g/mol. The van der Waals surface area contributed by atoms with Gasteiger partial charge >= 0.3 is 0 Å². The Kier molecular flexibility index (Phi) is 3.90. The number of rotatable bonds is 3. The Morgan fingerprint density at radius 3 is 2.33 bits per heavy atom. The Morgan fingerprint density at radius 1 is 1.25 bits per heavy atom. The first-order valence-corrected chi connectivity index (χ1v) is 4.97. The van der Waals surface area contributed by atoms with Crippen molar-refractivity contribution in [3.63, 3.8) is 0 Å². The van der Waals surface area contributed by atoms with Crippen molar-refractivity contribution >= 4 is 23.2 Å². The number of benzene rings is 1. The summed E-state index contributed by atoms with van der Waals surface area (Å²) in [5.74, 6) is 0.916. The standard InChI is InChI=1S/C10H12Cl2/c1-8(7-11)10(12)9-5-3-2-4-6-9/h2-6,8,10H,7H2,1H3/t8-,10?/m1/s1. The molecule has 0 heterocycles. The van der Waals surface area contributed by atoms with Crippen molar-refractivity contribution in [2.75, 3.05) is 5.88 Å². The fourth-order valence-corrected chi connectivity index (χ4v) is 1.55. The summed E-state index contributed by atoms with van der Waals surface area (Å²) in [5, 5.41) is 0.0312. The molecule has 1 aromatic rings. The van der Waals surface area contributed by atoms with Crippen molar-refractivity contribution in [1.29, 1.82) is 0 Å². The Bertz CT molecular complexity index is 221. The zero-order valence-corrected chi connectivity index (χ0v) is 8.52. The minimum Gasteiger partial charge on any atom is -0.126 e. The average Bonchev–Trinajstić information content (AvgIpc) is 2.17. The van der Waals surface area contributed by atoms with Gasteiger partial charge in [0.1, 0.15) is 0 Å². The van der Waals surface area contributed by atoms with Crippen LogP contribution in [0.2, 0.25) is 0 Å². The molecule has 0 radical (unpaired) electrons. The molecule has 1 unspecified atom stereocenters. The SMILES string of the molecule is C[C@H](CCl)C(Cl)c1ccccc1. The molecule has 0 nitrogen and oxygen atoms in total. The van der Waals surface area contributed by atoms with Gasteiger partial charge in [-0.2, -0.15) is 0 Å². The van der Waals surface area contributed by atoms with Crippen molar-refractivity contribution in [3.05, 3.63) is 35.9 Å². The van der Waals surface area contributed by atoms with Crippen LogP contribution in [0.5, 0.6) is 0 Å². The summed E-state index contributed by atoms with van der Waals surface area (Å²) in [5.41, 5.74) is 1.15. The zero-order chi connectivity index (χ0) is 8.97. The van der Waals surface area contributed by atoms with Gasteiger partial charge in [0.05, 0.1) is 5.38 Å². The van der Waals surface area contributed by atoms with E-state index >= 15 is 0 Å². The van der Waals surface area contributed by atoms with E-state index in [9.17, 15) is 0 Å². The second-order valence-electron chi connectivity index (χ2n) is 2.94. The molecule has 0 fully saturated rings. The predicted molar refractivity (Wildman–Crippen MR) is 54.9 cm³/mol. The molecule has 0 bridgehead atoms. The van der Waals surface area contributed by atoms with Gasteiger partial charge in [0.15, 0.2) is 0 Å². The summed E-state index contributed by atoms with van der Waals surface area (Å²) in [4.78, 5) is 0. The van der Waals surface area contributed by atoms with Gasteiger partial charge in [-0.05, 0) is 11.5 Å². The van der Waals surface area contributed by atoms with E-state index in [1.807, 2.05) is 30.3 Å². The van der Waals surface area contributed by atoms with Crippen molar-refractivity contribution in [1.82, 2.24) is 0 Å². The average molecular weight is 203 g/mol. The van der Waals surface area contributed by atoms with Crippen LogP contribution in [0, 0.1) is 5.92 Å². The summed E-state index contributed by atoms with van der Waals surface area (Å²) >= 11 is 11.9. The molecule has 0 aliphatic carbocycles. The Morgan fingerprint density at radius 2 is 1.83 bits per heavy atom. The highest BCUT2D eigenvalue weighted by Gasteiger charge is 2.14. The van der Waals surface area contributed by atoms with E-state index in [1.165, 1.54) is 0 Å². The molecule has 2 heteroatoms. The van der Waals surface area contributed by atoms with Gasteiger partial charge in [-0.1, -0.05) is 37.3 Å². The van der Waals surface area contributed by atoms with E-state index in [4.69, 9.17) is 23.2 Å². The van der Waals surface area contributed by atoms with E-state index in [-0.39, 0.29) is 5.38 Å². The lowest BCUT2D eigenvalue weighted by Crippen LogP contribution is -2.04. The van der Waals surface area contributed by atoms with Gasteiger partial charge in [-0.25, -0.2) is 0 Å². The quantitative estimate of drug-likeness (QED) is 0.654. The molecule has 0 aromatic heterocycles. The van der Waals surface area contributed by atoms with Crippen LogP contribution in [0.4, 0.5) is 0 Å². The Balaban J connectivity index is 2.71. The predicted octanol–water partition coefficient (Wildman–Crippen LogP) is 3.84. The number of hydrogen-bond acceptors (Lipinski definition) is 0. The first-order chi connectivity index (χ1) is 5.75. The molecular weight excluding hydrogens is 191 g/mol. The zero-order valence-electron chi connectivity index (χ0n) is 7.00.